The van der Waals surface area contributed by atoms with Crippen LogP contribution in [0.3, 0.4) is 0 Å². The SMILES string of the molecule is [2H]C([2H])([2H])c1c[c-]c(-c2ccc(C([2H])([2H])[2H])cn2)cc1.[2H]C([2H])([2H])c1cnc(-c2[c-]ccc3c2oc2ccccc23)cc1-c1ccc(C([2H])(CC)CC)cc1C([2H])([2H])[2H].[Ir]. The standard InChI is InChI=1S/C30H28NO.C13H12N.Ir/c1-5-21(6-2)22-14-15-23(19(3)16-22)27-17-28(31-18-20(27)4)26-12-9-11-25-24-10-7-8-13-29(24)32-30(25)26;1-10-3-6-12(7-4-10)13-8-5-11(2)9-14-13;/h7-11,13-18,21H,5-6H2,1-4H3;3-6,8-9H,1-2H3;/q2*-1;/i3D3,4D3,21D;1D3,2D3;. The Labute approximate surface area is 310 Å². The molecule has 7 rings (SSSR count). The van der Waals surface area contributed by atoms with E-state index in [9.17, 15) is 0 Å². The van der Waals surface area contributed by atoms with Crippen molar-refractivity contribution in [1.82, 2.24) is 9.97 Å². The first-order chi connectivity index (χ1) is 27.5. The maximum Gasteiger partial charge on any atom is 0.120 e. The van der Waals surface area contributed by atoms with E-state index in [1.807, 2.05) is 44.2 Å². The average molecular weight is 806 g/mol. The molecule has 0 spiro atoms. The summed E-state index contributed by atoms with van der Waals surface area (Å²) >= 11 is 0. The van der Waals surface area contributed by atoms with Gasteiger partial charge in [0.05, 0.1) is 5.58 Å². The summed E-state index contributed by atoms with van der Waals surface area (Å²) in [6.07, 6.45) is 3.62. The van der Waals surface area contributed by atoms with Gasteiger partial charge in [0.15, 0.2) is 0 Å². The first-order valence-corrected chi connectivity index (χ1v) is 15.0. The number of hydrogen-bond donors (Lipinski definition) is 0. The molecule has 0 amide bonds. The van der Waals surface area contributed by atoms with Crippen molar-refractivity contribution in [3.05, 3.63) is 143 Å². The molecule has 3 heterocycles. The number of nitrogens with zero attached hydrogens (tertiary/aromatic N) is 2. The summed E-state index contributed by atoms with van der Waals surface area (Å²) in [5, 5.41) is 1.81. The minimum atomic E-state index is -2.54. The minimum absolute atomic E-state index is 0. The van der Waals surface area contributed by atoms with Gasteiger partial charge in [-0.3, -0.25) is 0 Å². The second kappa shape index (κ2) is 15.0. The monoisotopic (exact) mass is 806 g/mol. The van der Waals surface area contributed by atoms with Crippen molar-refractivity contribution < 1.29 is 42.3 Å². The van der Waals surface area contributed by atoms with Gasteiger partial charge in [0.1, 0.15) is 5.58 Å². The molecule has 3 aromatic heterocycles. The second-order valence-electron chi connectivity index (χ2n) is 10.8. The van der Waals surface area contributed by atoms with Crippen molar-refractivity contribution in [2.45, 2.75) is 60.0 Å². The van der Waals surface area contributed by atoms with Crippen LogP contribution in [-0.2, 0) is 20.1 Å². The molecule has 47 heavy (non-hydrogen) atoms. The summed E-state index contributed by atoms with van der Waals surface area (Å²) in [4.78, 5) is 8.55. The number of fused-ring (bicyclic) bond motifs is 3. The topological polar surface area (TPSA) is 38.9 Å². The molecule has 0 atom stereocenters. The van der Waals surface area contributed by atoms with Gasteiger partial charge < -0.3 is 14.4 Å². The molecule has 0 aliphatic heterocycles. The zero-order valence-corrected chi connectivity index (χ0v) is 28.3. The Morgan fingerprint density at radius 2 is 1.55 bits per heavy atom. The fraction of sp³-hybridized carbons (Fsp3) is 0.209. The van der Waals surface area contributed by atoms with Gasteiger partial charge in [0, 0.05) is 55.7 Å². The normalized spacial score (nSPS) is 16.3. The molecule has 0 bridgehead atoms. The third-order valence-corrected chi connectivity index (χ3v) is 7.92. The molecule has 3 nitrogen and oxygen atoms in total. The van der Waals surface area contributed by atoms with Gasteiger partial charge in [-0.25, -0.2) is 0 Å². The summed E-state index contributed by atoms with van der Waals surface area (Å²) in [5.41, 5.74) is 4.86. The van der Waals surface area contributed by atoms with Gasteiger partial charge in [-0.1, -0.05) is 86.2 Å². The molecule has 0 aliphatic carbocycles. The predicted molar refractivity (Wildman–Crippen MR) is 192 cm³/mol. The minimum Gasteiger partial charge on any atom is -0.501 e. The Morgan fingerprint density at radius 3 is 2.28 bits per heavy atom. The molecule has 0 saturated carbocycles. The number of rotatable bonds is 6. The first kappa shape index (κ1) is 20.8. The van der Waals surface area contributed by atoms with Gasteiger partial charge >= 0.3 is 0 Å². The Kier molecular flexibility index (Phi) is 6.64. The molecule has 239 valence electrons. The van der Waals surface area contributed by atoms with Crippen LogP contribution in [0.4, 0.5) is 0 Å². The predicted octanol–water partition coefficient (Wildman–Crippen LogP) is 11.8. The van der Waals surface area contributed by atoms with Crippen LogP contribution in [0.25, 0.3) is 55.6 Å². The number of pyridine rings is 2. The Balaban J connectivity index is 0.000000274. The Hall–Kier alpha value is -4.37. The third kappa shape index (κ3) is 7.30. The average Bonchev–Trinajstić information content (AvgIpc) is 3.58. The van der Waals surface area contributed by atoms with Gasteiger partial charge in [-0.15, -0.1) is 53.6 Å². The summed E-state index contributed by atoms with van der Waals surface area (Å²) in [7, 11) is 0. The summed E-state index contributed by atoms with van der Waals surface area (Å²) < 4.78 is 108. The maximum atomic E-state index is 8.85. The number of aromatic nitrogens is 2. The molecule has 1 radical (unpaired) electrons. The molecule has 4 heteroatoms. The number of aryl methyl sites for hydroxylation is 4. The van der Waals surface area contributed by atoms with Crippen molar-refractivity contribution in [2.24, 2.45) is 0 Å². The van der Waals surface area contributed by atoms with Gasteiger partial charge in [0.2, 0.25) is 0 Å². The third-order valence-electron chi connectivity index (χ3n) is 7.92. The van der Waals surface area contributed by atoms with E-state index >= 15 is 0 Å². The Bertz CT molecular complexity index is 2530. The van der Waals surface area contributed by atoms with Crippen LogP contribution in [0.2, 0.25) is 0 Å². The quantitative estimate of drug-likeness (QED) is 0.157. The molecule has 0 N–H and O–H groups in total. The second-order valence-corrected chi connectivity index (χ2v) is 10.8. The molecule has 0 unspecified atom stereocenters. The zero-order chi connectivity index (χ0) is 43.1. The number of para-hydroxylation sites is 1. The zero-order valence-electron chi connectivity index (χ0n) is 38.9. The maximum absolute atomic E-state index is 8.85. The van der Waals surface area contributed by atoms with Crippen LogP contribution in [0.15, 0.2) is 108 Å². The van der Waals surface area contributed by atoms with Gasteiger partial charge in [-0.2, -0.15) is 0 Å². The van der Waals surface area contributed by atoms with Crippen molar-refractivity contribution >= 4 is 21.9 Å². The van der Waals surface area contributed by atoms with E-state index in [1.165, 1.54) is 36.7 Å². The van der Waals surface area contributed by atoms with Gasteiger partial charge in [-0.05, 0) is 90.1 Å². The van der Waals surface area contributed by atoms with E-state index in [4.69, 9.17) is 22.2 Å². The molecule has 7 aromatic rings. The Morgan fingerprint density at radius 1 is 0.745 bits per heavy atom. The summed E-state index contributed by atoms with van der Waals surface area (Å²) in [5.74, 6) is -0.944. The van der Waals surface area contributed by atoms with Crippen LogP contribution in [0.5, 0.6) is 0 Å². The van der Waals surface area contributed by atoms with Crippen LogP contribution in [0, 0.1) is 39.5 Å². The smallest absolute Gasteiger partial charge is 0.120 e. The molecule has 4 aromatic carbocycles. The molecule has 0 saturated heterocycles. The summed E-state index contributed by atoms with van der Waals surface area (Å²) in [6, 6.07) is 31.5. The van der Waals surface area contributed by atoms with Crippen LogP contribution in [-0.4, -0.2) is 9.97 Å². The van der Waals surface area contributed by atoms with Crippen LogP contribution in [0.1, 0.15) is 78.2 Å². The van der Waals surface area contributed by atoms with E-state index < -0.39 is 33.3 Å². The fourth-order valence-electron chi connectivity index (χ4n) is 5.49. The number of hydrogen-bond acceptors (Lipinski definition) is 3. The van der Waals surface area contributed by atoms with Crippen LogP contribution >= 0.6 is 0 Å². The largest absolute Gasteiger partial charge is 0.501 e. The molecular formula is C43H40IrN2O-2. The van der Waals surface area contributed by atoms with E-state index in [0.29, 0.717) is 52.1 Å². The van der Waals surface area contributed by atoms with E-state index in [0.717, 1.165) is 10.8 Å². The van der Waals surface area contributed by atoms with E-state index in [2.05, 4.69) is 22.1 Å². The molecular weight excluding hydrogens is 753 g/mol. The summed E-state index contributed by atoms with van der Waals surface area (Å²) in [6.45, 7) is -5.61. The van der Waals surface area contributed by atoms with Crippen molar-refractivity contribution in [3.63, 3.8) is 0 Å². The first-order valence-electron chi connectivity index (χ1n) is 21.5. The van der Waals surface area contributed by atoms with Crippen molar-refractivity contribution in [2.75, 3.05) is 0 Å². The fourth-order valence-corrected chi connectivity index (χ4v) is 5.49. The van der Waals surface area contributed by atoms with E-state index in [1.54, 1.807) is 36.4 Å². The van der Waals surface area contributed by atoms with Crippen molar-refractivity contribution in [3.8, 4) is 33.6 Å². The molecule has 0 aliphatic rings. The molecule has 0 fully saturated rings. The van der Waals surface area contributed by atoms with Crippen molar-refractivity contribution in [1.29, 1.82) is 0 Å². The van der Waals surface area contributed by atoms with E-state index in [-0.39, 0.29) is 53.5 Å². The number of benzene rings is 4. The van der Waals surface area contributed by atoms with Crippen LogP contribution < -0.4 is 0 Å². The number of furan rings is 1. The van der Waals surface area contributed by atoms with Gasteiger partial charge in [0.25, 0.3) is 0 Å².